The first-order valence-electron chi connectivity index (χ1n) is 6.00. The van der Waals surface area contributed by atoms with Crippen molar-refractivity contribution < 1.29 is 18.3 Å². The highest BCUT2D eigenvalue weighted by molar-refractivity contribution is 5.77. The van der Waals surface area contributed by atoms with Crippen LogP contribution in [-0.4, -0.2) is 18.6 Å². The third-order valence-corrected chi connectivity index (χ3v) is 2.79. The van der Waals surface area contributed by atoms with Gasteiger partial charge >= 0.3 is 5.97 Å². The number of carbonyl (C=O) groups is 1. The Kier molecular flexibility index (Phi) is 3.91. The van der Waals surface area contributed by atoms with E-state index < -0.39 is 23.6 Å². The van der Waals surface area contributed by atoms with Crippen LogP contribution < -0.4 is 5.32 Å². The number of nitrogens with one attached hydrogen (secondary N) is 1. The van der Waals surface area contributed by atoms with Crippen LogP contribution in [0.1, 0.15) is 31.4 Å². The van der Waals surface area contributed by atoms with Crippen LogP contribution in [0.15, 0.2) is 18.2 Å². The van der Waals surface area contributed by atoms with Crippen molar-refractivity contribution in [2.45, 2.75) is 31.8 Å². The Hall–Kier alpha value is -1.49. The molecule has 0 spiro atoms. The van der Waals surface area contributed by atoms with Gasteiger partial charge in [0.25, 0.3) is 0 Å². The topological polar surface area (TPSA) is 38.3 Å². The van der Waals surface area contributed by atoms with E-state index in [4.69, 9.17) is 4.74 Å². The third-order valence-electron chi connectivity index (χ3n) is 2.79. The molecule has 18 heavy (non-hydrogen) atoms. The molecule has 1 fully saturated rings. The van der Waals surface area contributed by atoms with Crippen LogP contribution in [0.4, 0.5) is 8.78 Å². The largest absolute Gasteiger partial charge is 0.465 e. The van der Waals surface area contributed by atoms with Crippen molar-refractivity contribution in [3.05, 3.63) is 35.4 Å². The molecule has 1 unspecified atom stereocenters. The van der Waals surface area contributed by atoms with Gasteiger partial charge in [-0.05, 0) is 25.8 Å². The van der Waals surface area contributed by atoms with Crippen molar-refractivity contribution in [1.82, 2.24) is 5.32 Å². The number of esters is 1. The van der Waals surface area contributed by atoms with Gasteiger partial charge in [0, 0.05) is 11.6 Å². The van der Waals surface area contributed by atoms with Gasteiger partial charge in [-0.15, -0.1) is 0 Å². The van der Waals surface area contributed by atoms with Gasteiger partial charge in [0.1, 0.15) is 6.04 Å². The summed E-state index contributed by atoms with van der Waals surface area (Å²) in [5.41, 5.74) is 0.000324. The zero-order chi connectivity index (χ0) is 13.1. The number of benzene rings is 1. The highest BCUT2D eigenvalue weighted by atomic mass is 19.2. The van der Waals surface area contributed by atoms with Gasteiger partial charge in [-0.1, -0.05) is 12.1 Å². The molecule has 0 amide bonds. The van der Waals surface area contributed by atoms with E-state index >= 15 is 0 Å². The summed E-state index contributed by atoms with van der Waals surface area (Å²) in [7, 11) is 0. The lowest BCUT2D eigenvalue weighted by Gasteiger charge is -2.18. The van der Waals surface area contributed by atoms with Crippen molar-refractivity contribution >= 4 is 5.97 Å². The smallest absolute Gasteiger partial charge is 0.327 e. The first kappa shape index (κ1) is 13.0. The normalized spacial score (nSPS) is 16.4. The van der Waals surface area contributed by atoms with E-state index in [1.807, 2.05) is 0 Å². The van der Waals surface area contributed by atoms with Crippen LogP contribution in [0.3, 0.4) is 0 Å². The average molecular weight is 255 g/mol. The van der Waals surface area contributed by atoms with E-state index in [1.165, 1.54) is 12.1 Å². The average Bonchev–Trinajstić information content (AvgIpc) is 3.14. The van der Waals surface area contributed by atoms with Crippen LogP contribution in [-0.2, 0) is 9.53 Å². The van der Waals surface area contributed by atoms with Crippen LogP contribution in [0.5, 0.6) is 0 Å². The zero-order valence-corrected chi connectivity index (χ0v) is 10.1. The monoisotopic (exact) mass is 255 g/mol. The predicted molar refractivity (Wildman–Crippen MR) is 61.9 cm³/mol. The Balaban J connectivity index is 2.26. The Labute approximate surface area is 104 Å². The van der Waals surface area contributed by atoms with Crippen LogP contribution in [0.2, 0.25) is 0 Å². The number of rotatable bonds is 5. The molecule has 1 aromatic rings. The van der Waals surface area contributed by atoms with Crippen molar-refractivity contribution in [3.63, 3.8) is 0 Å². The molecule has 1 N–H and O–H groups in total. The number of ether oxygens (including phenoxy) is 1. The molecule has 2 rings (SSSR count). The molecule has 0 saturated heterocycles. The second kappa shape index (κ2) is 5.44. The maximum Gasteiger partial charge on any atom is 0.327 e. The van der Waals surface area contributed by atoms with E-state index in [0.717, 1.165) is 18.9 Å². The molecule has 0 heterocycles. The van der Waals surface area contributed by atoms with Crippen LogP contribution >= 0.6 is 0 Å². The Bertz CT molecular complexity index is 447. The summed E-state index contributed by atoms with van der Waals surface area (Å²) in [6.45, 7) is 1.88. The fraction of sp³-hybridized carbons (Fsp3) is 0.462. The number of hydrogen-bond acceptors (Lipinski definition) is 3. The lowest BCUT2D eigenvalue weighted by Crippen LogP contribution is -2.32. The summed E-state index contributed by atoms with van der Waals surface area (Å²) in [6, 6.07) is 3.05. The standard InChI is InChI=1S/C13H15F2NO2/c1-2-18-13(17)12(16-8-6-7-8)9-4-3-5-10(14)11(9)15/h3-5,8,12,16H,2,6-7H2,1H3. The molecule has 1 atom stereocenters. The molecular weight excluding hydrogens is 240 g/mol. The lowest BCUT2D eigenvalue weighted by molar-refractivity contribution is -0.146. The minimum Gasteiger partial charge on any atom is -0.465 e. The summed E-state index contributed by atoms with van der Waals surface area (Å²) in [4.78, 5) is 11.8. The molecule has 0 bridgehead atoms. The van der Waals surface area contributed by atoms with Gasteiger partial charge in [-0.2, -0.15) is 0 Å². The van der Waals surface area contributed by atoms with Gasteiger partial charge in [0.05, 0.1) is 6.61 Å². The molecule has 1 aromatic carbocycles. The zero-order valence-electron chi connectivity index (χ0n) is 10.1. The molecule has 1 aliphatic rings. The Morgan fingerprint density at radius 3 is 2.83 bits per heavy atom. The summed E-state index contributed by atoms with van der Waals surface area (Å²) in [5.74, 6) is -2.53. The molecule has 5 heteroatoms. The van der Waals surface area contributed by atoms with Gasteiger partial charge in [-0.25, -0.2) is 13.6 Å². The minimum atomic E-state index is -0.997. The number of hydrogen-bond donors (Lipinski definition) is 1. The van der Waals surface area contributed by atoms with Crippen molar-refractivity contribution in [3.8, 4) is 0 Å². The number of carbonyl (C=O) groups excluding carboxylic acids is 1. The fourth-order valence-corrected chi connectivity index (χ4v) is 1.74. The summed E-state index contributed by atoms with van der Waals surface area (Å²) in [5, 5.41) is 2.98. The minimum absolute atomic E-state index is 0.000324. The van der Waals surface area contributed by atoms with E-state index in [9.17, 15) is 13.6 Å². The summed E-state index contributed by atoms with van der Waals surface area (Å²) in [6.07, 6.45) is 1.87. The van der Waals surface area contributed by atoms with Crippen molar-refractivity contribution in [1.29, 1.82) is 0 Å². The lowest BCUT2D eigenvalue weighted by atomic mass is 10.1. The molecule has 0 aliphatic heterocycles. The predicted octanol–water partition coefficient (Wildman–Crippen LogP) is 2.32. The quantitative estimate of drug-likeness (QED) is 0.821. The Morgan fingerprint density at radius 1 is 1.50 bits per heavy atom. The molecule has 1 aliphatic carbocycles. The van der Waals surface area contributed by atoms with E-state index in [2.05, 4.69) is 5.32 Å². The second-order valence-corrected chi connectivity index (χ2v) is 4.27. The molecule has 0 radical (unpaired) electrons. The first-order chi connectivity index (χ1) is 8.63. The Morgan fingerprint density at radius 2 is 2.22 bits per heavy atom. The van der Waals surface area contributed by atoms with Gasteiger partial charge in [0.15, 0.2) is 11.6 Å². The third kappa shape index (κ3) is 2.85. The SMILES string of the molecule is CCOC(=O)C(NC1CC1)c1cccc(F)c1F. The highest BCUT2D eigenvalue weighted by Crippen LogP contribution is 2.27. The van der Waals surface area contributed by atoms with Gasteiger partial charge in [0.2, 0.25) is 0 Å². The maximum absolute atomic E-state index is 13.7. The second-order valence-electron chi connectivity index (χ2n) is 4.27. The molecule has 98 valence electrons. The van der Waals surface area contributed by atoms with E-state index in [1.54, 1.807) is 6.92 Å². The summed E-state index contributed by atoms with van der Waals surface area (Å²) < 4.78 is 31.8. The fourth-order valence-electron chi connectivity index (χ4n) is 1.74. The van der Waals surface area contributed by atoms with Crippen LogP contribution in [0, 0.1) is 11.6 Å². The maximum atomic E-state index is 13.7. The molecule has 0 aromatic heterocycles. The van der Waals surface area contributed by atoms with E-state index in [0.29, 0.717) is 0 Å². The first-order valence-corrected chi connectivity index (χ1v) is 6.00. The van der Waals surface area contributed by atoms with Gasteiger partial charge in [-0.3, -0.25) is 5.32 Å². The van der Waals surface area contributed by atoms with Gasteiger partial charge < -0.3 is 4.74 Å². The van der Waals surface area contributed by atoms with E-state index in [-0.39, 0.29) is 18.2 Å². The highest BCUT2D eigenvalue weighted by Gasteiger charge is 2.32. The number of halogens is 2. The molecular formula is C13H15F2NO2. The van der Waals surface area contributed by atoms with Crippen molar-refractivity contribution in [2.24, 2.45) is 0 Å². The molecule has 3 nitrogen and oxygen atoms in total. The van der Waals surface area contributed by atoms with Crippen molar-refractivity contribution in [2.75, 3.05) is 6.61 Å². The summed E-state index contributed by atoms with van der Waals surface area (Å²) >= 11 is 0. The molecule has 1 saturated carbocycles. The van der Waals surface area contributed by atoms with Crippen LogP contribution in [0.25, 0.3) is 0 Å².